The summed E-state index contributed by atoms with van der Waals surface area (Å²) < 4.78 is 23.1. The Bertz CT molecular complexity index is 825. The quantitative estimate of drug-likeness (QED) is 0.601. The van der Waals surface area contributed by atoms with Gasteiger partial charge < -0.3 is 23.8 Å². The van der Waals surface area contributed by atoms with Crippen LogP contribution in [-0.2, 0) is 15.9 Å². The molecule has 1 aromatic carbocycles. The summed E-state index contributed by atoms with van der Waals surface area (Å²) in [5, 5.41) is 0. The van der Waals surface area contributed by atoms with Gasteiger partial charge in [-0.1, -0.05) is 6.07 Å². The first-order valence-electron chi connectivity index (χ1n) is 11.1. The summed E-state index contributed by atoms with van der Waals surface area (Å²) in [7, 11) is 3.34. The number of methoxy groups -OCH3 is 2. The van der Waals surface area contributed by atoms with Gasteiger partial charge in [0.05, 0.1) is 27.4 Å². The molecule has 168 valence electrons. The van der Waals surface area contributed by atoms with Crippen LogP contribution in [0.3, 0.4) is 0 Å². The molecule has 0 saturated carbocycles. The highest BCUT2D eigenvalue weighted by Crippen LogP contribution is 2.36. The zero-order chi connectivity index (χ0) is 21.5. The lowest BCUT2D eigenvalue weighted by molar-refractivity contribution is -0.0201. The predicted octanol–water partition coefficient (Wildman–Crippen LogP) is 2.94. The molecule has 0 aliphatic carbocycles. The maximum atomic E-state index is 6.11. The number of aryl methyl sites for hydroxylation is 1. The molecular formula is C24H33N3O4. The zero-order valence-corrected chi connectivity index (χ0v) is 18.6. The van der Waals surface area contributed by atoms with Crippen molar-refractivity contribution in [3.8, 4) is 11.5 Å². The Labute approximate surface area is 184 Å². The Morgan fingerprint density at radius 3 is 2.61 bits per heavy atom. The first-order valence-corrected chi connectivity index (χ1v) is 11.1. The van der Waals surface area contributed by atoms with E-state index in [1.165, 1.54) is 5.56 Å². The second-order valence-corrected chi connectivity index (χ2v) is 7.96. The highest BCUT2D eigenvalue weighted by Gasteiger charge is 2.23. The molecule has 1 unspecified atom stereocenters. The van der Waals surface area contributed by atoms with E-state index in [0.29, 0.717) is 13.2 Å². The van der Waals surface area contributed by atoms with Crippen molar-refractivity contribution >= 4 is 5.82 Å². The number of benzene rings is 1. The van der Waals surface area contributed by atoms with Gasteiger partial charge in [-0.3, -0.25) is 4.90 Å². The molecule has 0 bridgehead atoms. The number of pyridine rings is 1. The van der Waals surface area contributed by atoms with E-state index in [4.69, 9.17) is 18.9 Å². The number of hydrogen-bond acceptors (Lipinski definition) is 7. The van der Waals surface area contributed by atoms with Crippen molar-refractivity contribution in [2.45, 2.75) is 18.9 Å². The van der Waals surface area contributed by atoms with Gasteiger partial charge >= 0.3 is 0 Å². The smallest absolute Gasteiger partial charge is 0.161 e. The summed E-state index contributed by atoms with van der Waals surface area (Å²) in [6, 6.07) is 10.2. The van der Waals surface area contributed by atoms with Crippen LogP contribution in [0.15, 0.2) is 36.5 Å². The van der Waals surface area contributed by atoms with E-state index in [1.807, 2.05) is 24.4 Å². The van der Waals surface area contributed by atoms with Crippen molar-refractivity contribution < 1.29 is 18.9 Å². The second kappa shape index (κ2) is 10.8. The van der Waals surface area contributed by atoms with Crippen LogP contribution in [0.4, 0.5) is 5.82 Å². The molecule has 2 aliphatic rings. The van der Waals surface area contributed by atoms with Gasteiger partial charge in [0.1, 0.15) is 11.9 Å². The Hall–Kier alpha value is -2.35. The molecule has 7 nitrogen and oxygen atoms in total. The van der Waals surface area contributed by atoms with Crippen molar-refractivity contribution in [1.82, 2.24) is 9.88 Å². The number of fused-ring (bicyclic) bond motifs is 1. The van der Waals surface area contributed by atoms with Crippen molar-refractivity contribution in [3.63, 3.8) is 0 Å². The van der Waals surface area contributed by atoms with E-state index >= 15 is 0 Å². The molecule has 7 heteroatoms. The van der Waals surface area contributed by atoms with Crippen molar-refractivity contribution in [3.05, 3.63) is 47.7 Å². The summed E-state index contributed by atoms with van der Waals surface area (Å²) >= 11 is 0. The largest absolute Gasteiger partial charge is 0.493 e. The van der Waals surface area contributed by atoms with Crippen LogP contribution in [0.5, 0.6) is 11.5 Å². The third kappa shape index (κ3) is 5.47. The molecule has 0 spiro atoms. The minimum Gasteiger partial charge on any atom is -0.493 e. The van der Waals surface area contributed by atoms with E-state index in [9.17, 15) is 0 Å². The number of rotatable bonds is 8. The summed E-state index contributed by atoms with van der Waals surface area (Å²) in [6.45, 7) is 6.97. The molecule has 31 heavy (non-hydrogen) atoms. The van der Waals surface area contributed by atoms with Gasteiger partial charge in [-0.25, -0.2) is 4.98 Å². The van der Waals surface area contributed by atoms with Gasteiger partial charge in [0, 0.05) is 45.5 Å². The monoisotopic (exact) mass is 427 g/mol. The van der Waals surface area contributed by atoms with Crippen LogP contribution in [0.1, 0.15) is 23.7 Å². The first kappa shape index (κ1) is 21.9. The van der Waals surface area contributed by atoms with Gasteiger partial charge in [-0.15, -0.1) is 0 Å². The zero-order valence-electron chi connectivity index (χ0n) is 18.6. The summed E-state index contributed by atoms with van der Waals surface area (Å²) in [5.74, 6) is 2.57. The summed E-state index contributed by atoms with van der Waals surface area (Å²) in [6.07, 6.45) is 3.76. The average molecular weight is 428 g/mol. The lowest BCUT2D eigenvalue weighted by Crippen LogP contribution is -2.47. The number of anilines is 1. The second-order valence-electron chi connectivity index (χ2n) is 7.96. The highest BCUT2D eigenvalue weighted by atomic mass is 16.5. The van der Waals surface area contributed by atoms with Crippen molar-refractivity contribution in [2.24, 2.45) is 0 Å². The van der Waals surface area contributed by atoms with E-state index in [0.717, 1.165) is 75.1 Å². The number of piperazine rings is 1. The fourth-order valence-electron chi connectivity index (χ4n) is 4.29. The van der Waals surface area contributed by atoms with Crippen molar-refractivity contribution in [2.75, 3.05) is 71.7 Å². The van der Waals surface area contributed by atoms with E-state index in [2.05, 4.69) is 26.9 Å². The van der Waals surface area contributed by atoms with Crippen molar-refractivity contribution in [1.29, 1.82) is 0 Å². The number of ether oxygens (including phenoxy) is 4. The number of hydrogen-bond donors (Lipinski definition) is 0. The molecule has 0 radical (unpaired) electrons. The van der Waals surface area contributed by atoms with Crippen LogP contribution in [0.25, 0.3) is 0 Å². The molecule has 1 saturated heterocycles. The van der Waals surface area contributed by atoms with Gasteiger partial charge in [0.2, 0.25) is 0 Å². The topological polar surface area (TPSA) is 56.3 Å². The molecule has 1 atom stereocenters. The SMILES string of the molecule is COc1cc2c(cc1OC)C(COCCN1CCN(c3ccccn3)CC1)OCCC2. The Balaban J connectivity index is 1.26. The minimum absolute atomic E-state index is 0.0710. The van der Waals surface area contributed by atoms with Gasteiger partial charge in [0.15, 0.2) is 11.5 Å². The minimum atomic E-state index is -0.0710. The van der Waals surface area contributed by atoms with Crippen LogP contribution in [0, 0.1) is 0 Å². The van der Waals surface area contributed by atoms with Gasteiger partial charge in [-0.05, 0) is 48.2 Å². The molecule has 0 N–H and O–H groups in total. The maximum absolute atomic E-state index is 6.11. The van der Waals surface area contributed by atoms with Gasteiger partial charge in [0.25, 0.3) is 0 Å². The first-order chi connectivity index (χ1) is 15.3. The third-order valence-corrected chi connectivity index (χ3v) is 6.07. The molecule has 2 aromatic rings. The van der Waals surface area contributed by atoms with Gasteiger partial charge in [-0.2, -0.15) is 0 Å². The molecular weight excluding hydrogens is 394 g/mol. The summed E-state index contributed by atoms with van der Waals surface area (Å²) in [5.41, 5.74) is 2.41. The fourth-order valence-corrected chi connectivity index (χ4v) is 4.29. The lowest BCUT2D eigenvalue weighted by atomic mass is 9.99. The molecule has 2 aliphatic heterocycles. The predicted molar refractivity (Wildman–Crippen MR) is 120 cm³/mol. The Kier molecular flexibility index (Phi) is 7.61. The number of aromatic nitrogens is 1. The maximum Gasteiger partial charge on any atom is 0.161 e. The molecule has 3 heterocycles. The lowest BCUT2D eigenvalue weighted by Gasteiger charge is -2.35. The Morgan fingerprint density at radius 1 is 1.06 bits per heavy atom. The van der Waals surface area contributed by atoms with Crippen LogP contribution >= 0.6 is 0 Å². The third-order valence-electron chi connectivity index (χ3n) is 6.07. The molecule has 4 rings (SSSR count). The fraction of sp³-hybridized carbons (Fsp3) is 0.542. The molecule has 0 amide bonds. The average Bonchev–Trinajstić information content (AvgIpc) is 3.03. The molecule has 1 aromatic heterocycles. The summed E-state index contributed by atoms with van der Waals surface area (Å²) in [4.78, 5) is 9.25. The van der Waals surface area contributed by atoms with E-state index in [1.54, 1.807) is 14.2 Å². The number of nitrogens with zero attached hydrogens (tertiary/aromatic N) is 3. The molecule has 1 fully saturated rings. The van der Waals surface area contributed by atoms with Crippen LogP contribution < -0.4 is 14.4 Å². The van der Waals surface area contributed by atoms with Crippen LogP contribution in [-0.4, -0.2) is 76.6 Å². The van der Waals surface area contributed by atoms with E-state index < -0.39 is 0 Å². The van der Waals surface area contributed by atoms with E-state index in [-0.39, 0.29) is 6.10 Å². The standard InChI is InChI=1S/C24H33N3O4/c1-28-21-16-19-6-5-14-31-23(20(19)17-22(21)29-2)18-30-15-13-26-9-11-27(12-10-26)24-7-3-4-8-25-24/h3-4,7-8,16-17,23H,5-6,9-15,18H2,1-2H3. The normalized spacial score (nSPS) is 19.5. The van der Waals surface area contributed by atoms with Crippen LogP contribution in [0.2, 0.25) is 0 Å². The Morgan fingerprint density at radius 2 is 1.87 bits per heavy atom. The highest BCUT2D eigenvalue weighted by molar-refractivity contribution is 5.48.